The van der Waals surface area contributed by atoms with Crippen LogP contribution in [0.2, 0.25) is 5.02 Å². The van der Waals surface area contributed by atoms with Crippen molar-refractivity contribution in [2.24, 2.45) is 5.73 Å². The first-order chi connectivity index (χ1) is 7.50. The van der Waals surface area contributed by atoms with E-state index in [4.69, 9.17) is 22.4 Å². The SMILES string of the molecule is Cc1cc(Cl)ccc1CNCC(O)C(N)=O. The molecule has 1 amide bonds. The Bertz CT molecular complexity index is 382. The highest BCUT2D eigenvalue weighted by molar-refractivity contribution is 6.30. The van der Waals surface area contributed by atoms with E-state index in [1.165, 1.54) is 0 Å². The number of amides is 1. The van der Waals surface area contributed by atoms with Gasteiger partial charge in [-0.05, 0) is 30.2 Å². The molecule has 4 N–H and O–H groups in total. The van der Waals surface area contributed by atoms with Crippen molar-refractivity contribution < 1.29 is 9.90 Å². The van der Waals surface area contributed by atoms with Crippen LogP contribution in [0.25, 0.3) is 0 Å². The summed E-state index contributed by atoms with van der Waals surface area (Å²) in [6, 6.07) is 5.57. The van der Waals surface area contributed by atoms with Crippen LogP contribution in [-0.4, -0.2) is 23.7 Å². The number of nitrogens with two attached hydrogens (primary N) is 1. The second kappa shape index (κ2) is 5.84. The summed E-state index contributed by atoms with van der Waals surface area (Å²) in [4.78, 5) is 10.6. The van der Waals surface area contributed by atoms with E-state index >= 15 is 0 Å². The molecule has 0 aliphatic carbocycles. The Balaban J connectivity index is 2.46. The van der Waals surface area contributed by atoms with Gasteiger partial charge in [-0.1, -0.05) is 17.7 Å². The fraction of sp³-hybridized carbons (Fsp3) is 0.364. The maximum absolute atomic E-state index is 10.6. The van der Waals surface area contributed by atoms with Gasteiger partial charge in [-0.3, -0.25) is 4.79 Å². The molecule has 0 aromatic heterocycles. The van der Waals surface area contributed by atoms with Crippen LogP contribution in [0.3, 0.4) is 0 Å². The quantitative estimate of drug-likeness (QED) is 0.707. The molecule has 0 saturated carbocycles. The second-order valence-electron chi connectivity index (χ2n) is 3.62. The van der Waals surface area contributed by atoms with Crippen LogP contribution in [-0.2, 0) is 11.3 Å². The van der Waals surface area contributed by atoms with Gasteiger partial charge < -0.3 is 16.2 Å². The second-order valence-corrected chi connectivity index (χ2v) is 4.06. The van der Waals surface area contributed by atoms with Gasteiger partial charge in [0.05, 0.1) is 0 Å². The molecule has 5 heteroatoms. The van der Waals surface area contributed by atoms with E-state index in [1.54, 1.807) is 6.07 Å². The van der Waals surface area contributed by atoms with E-state index in [-0.39, 0.29) is 6.54 Å². The van der Waals surface area contributed by atoms with Crippen molar-refractivity contribution in [3.05, 3.63) is 34.3 Å². The number of halogens is 1. The molecule has 0 saturated heterocycles. The van der Waals surface area contributed by atoms with Crippen LogP contribution in [0.15, 0.2) is 18.2 Å². The van der Waals surface area contributed by atoms with Crippen LogP contribution >= 0.6 is 11.6 Å². The average molecular weight is 243 g/mol. The van der Waals surface area contributed by atoms with E-state index in [9.17, 15) is 4.79 Å². The molecule has 0 bridgehead atoms. The fourth-order valence-corrected chi connectivity index (χ4v) is 1.53. The molecule has 1 aromatic rings. The molecule has 0 aliphatic rings. The summed E-state index contributed by atoms with van der Waals surface area (Å²) in [5.74, 6) is -0.722. The molecule has 1 atom stereocenters. The topological polar surface area (TPSA) is 75.3 Å². The van der Waals surface area contributed by atoms with Gasteiger partial charge in [0.1, 0.15) is 6.10 Å². The minimum absolute atomic E-state index is 0.150. The zero-order chi connectivity index (χ0) is 12.1. The minimum Gasteiger partial charge on any atom is -0.382 e. The zero-order valence-corrected chi connectivity index (χ0v) is 9.79. The first-order valence-corrected chi connectivity index (χ1v) is 5.31. The van der Waals surface area contributed by atoms with Gasteiger partial charge in [-0.2, -0.15) is 0 Å². The third kappa shape index (κ3) is 3.81. The summed E-state index contributed by atoms with van der Waals surface area (Å²) in [6.45, 7) is 2.66. The van der Waals surface area contributed by atoms with E-state index in [2.05, 4.69) is 5.32 Å². The molecular weight excluding hydrogens is 228 g/mol. The van der Waals surface area contributed by atoms with Crippen molar-refractivity contribution in [3.63, 3.8) is 0 Å². The molecule has 0 heterocycles. The molecule has 1 aromatic carbocycles. The van der Waals surface area contributed by atoms with Crippen LogP contribution < -0.4 is 11.1 Å². The maximum atomic E-state index is 10.6. The van der Waals surface area contributed by atoms with Gasteiger partial charge in [0.25, 0.3) is 0 Å². The summed E-state index contributed by atoms with van der Waals surface area (Å²) in [7, 11) is 0. The molecule has 0 aliphatic heterocycles. The first-order valence-electron chi connectivity index (χ1n) is 4.94. The van der Waals surface area contributed by atoms with Crippen LogP contribution in [0.4, 0.5) is 0 Å². The maximum Gasteiger partial charge on any atom is 0.247 e. The van der Waals surface area contributed by atoms with Crippen molar-refractivity contribution >= 4 is 17.5 Å². The summed E-state index contributed by atoms with van der Waals surface area (Å²) < 4.78 is 0. The molecule has 0 fully saturated rings. The Morgan fingerprint density at radius 1 is 1.62 bits per heavy atom. The Kier molecular flexibility index (Phi) is 4.73. The van der Waals surface area contributed by atoms with Gasteiger partial charge in [-0.15, -0.1) is 0 Å². The smallest absolute Gasteiger partial charge is 0.247 e. The molecule has 1 rings (SSSR count). The minimum atomic E-state index is -1.15. The Morgan fingerprint density at radius 2 is 2.31 bits per heavy atom. The lowest BCUT2D eigenvalue weighted by Crippen LogP contribution is -2.37. The number of hydrogen-bond acceptors (Lipinski definition) is 3. The molecular formula is C11H15ClN2O2. The summed E-state index contributed by atoms with van der Waals surface area (Å²) in [6.07, 6.45) is -1.15. The number of nitrogens with one attached hydrogen (secondary N) is 1. The number of benzene rings is 1. The van der Waals surface area contributed by atoms with Gasteiger partial charge in [0, 0.05) is 18.1 Å². The van der Waals surface area contributed by atoms with E-state index in [1.807, 2.05) is 19.1 Å². The molecule has 0 radical (unpaired) electrons. The number of primary amides is 1. The number of aliphatic hydroxyl groups excluding tert-OH is 1. The highest BCUT2D eigenvalue weighted by Crippen LogP contribution is 2.14. The molecule has 16 heavy (non-hydrogen) atoms. The average Bonchev–Trinajstić information content (AvgIpc) is 2.20. The Hall–Kier alpha value is -1.10. The lowest BCUT2D eigenvalue weighted by atomic mass is 10.1. The lowest BCUT2D eigenvalue weighted by Gasteiger charge is -2.10. The Morgan fingerprint density at radius 3 is 2.88 bits per heavy atom. The van der Waals surface area contributed by atoms with Crippen LogP contribution in [0, 0.1) is 6.92 Å². The lowest BCUT2D eigenvalue weighted by molar-refractivity contribution is -0.125. The van der Waals surface area contributed by atoms with Gasteiger partial charge in [0.2, 0.25) is 5.91 Å². The number of aryl methyl sites for hydroxylation is 1. The predicted molar refractivity (Wildman–Crippen MR) is 63.1 cm³/mol. The molecule has 0 spiro atoms. The normalized spacial score (nSPS) is 12.4. The van der Waals surface area contributed by atoms with Gasteiger partial charge >= 0.3 is 0 Å². The van der Waals surface area contributed by atoms with E-state index < -0.39 is 12.0 Å². The number of carbonyl (C=O) groups is 1. The zero-order valence-electron chi connectivity index (χ0n) is 9.03. The number of hydrogen-bond donors (Lipinski definition) is 3. The highest BCUT2D eigenvalue weighted by atomic mass is 35.5. The number of carbonyl (C=O) groups excluding carboxylic acids is 1. The summed E-state index contributed by atoms with van der Waals surface area (Å²) in [5.41, 5.74) is 7.05. The van der Waals surface area contributed by atoms with Crippen LogP contribution in [0.1, 0.15) is 11.1 Å². The monoisotopic (exact) mass is 242 g/mol. The van der Waals surface area contributed by atoms with Gasteiger partial charge in [-0.25, -0.2) is 0 Å². The summed E-state index contributed by atoms with van der Waals surface area (Å²) in [5, 5.41) is 12.8. The molecule has 1 unspecified atom stereocenters. The van der Waals surface area contributed by atoms with Crippen molar-refractivity contribution in [2.45, 2.75) is 19.6 Å². The summed E-state index contributed by atoms with van der Waals surface area (Å²) >= 11 is 5.82. The van der Waals surface area contributed by atoms with Crippen molar-refractivity contribution in [1.29, 1.82) is 0 Å². The van der Waals surface area contributed by atoms with Crippen molar-refractivity contribution in [3.8, 4) is 0 Å². The fourth-order valence-electron chi connectivity index (χ4n) is 1.30. The van der Waals surface area contributed by atoms with E-state index in [0.29, 0.717) is 11.6 Å². The Labute approximate surface area is 99.4 Å². The predicted octanol–water partition coefficient (Wildman–Crippen LogP) is 0.584. The van der Waals surface area contributed by atoms with Crippen LogP contribution in [0.5, 0.6) is 0 Å². The number of aliphatic hydroxyl groups is 1. The standard InChI is InChI=1S/C11H15ClN2O2/c1-7-4-9(12)3-2-8(7)5-14-6-10(15)11(13)16/h2-4,10,14-15H,5-6H2,1H3,(H2,13,16). The number of rotatable bonds is 5. The first kappa shape index (κ1) is 13.0. The highest BCUT2D eigenvalue weighted by Gasteiger charge is 2.09. The molecule has 4 nitrogen and oxygen atoms in total. The van der Waals surface area contributed by atoms with E-state index in [0.717, 1.165) is 11.1 Å². The van der Waals surface area contributed by atoms with Crippen molar-refractivity contribution in [1.82, 2.24) is 5.32 Å². The van der Waals surface area contributed by atoms with Gasteiger partial charge in [0.15, 0.2) is 0 Å². The third-order valence-corrected chi connectivity index (χ3v) is 2.52. The largest absolute Gasteiger partial charge is 0.382 e. The van der Waals surface area contributed by atoms with Crippen molar-refractivity contribution in [2.75, 3.05) is 6.54 Å². The molecule has 88 valence electrons. The third-order valence-electron chi connectivity index (χ3n) is 2.29.